The third-order valence-corrected chi connectivity index (χ3v) is 7.08. The van der Waals surface area contributed by atoms with E-state index in [-0.39, 0.29) is 28.6 Å². The Morgan fingerprint density at radius 2 is 2.11 bits per heavy atom. The van der Waals surface area contributed by atoms with Crippen molar-refractivity contribution in [1.82, 2.24) is 25.3 Å². The monoisotopic (exact) mass is 473 g/mol. The average Bonchev–Trinajstić information content (AvgIpc) is 3.25. The van der Waals surface area contributed by atoms with Crippen molar-refractivity contribution in [3.05, 3.63) is 33.9 Å². The summed E-state index contributed by atoms with van der Waals surface area (Å²) in [6.07, 6.45) is 2.64. The van der Waals surface area contributed by atoms with E-state index < -0.39 is 27.8 Å². The van der Waals surface area contributed by atoms with Crippen LogP contribution in [0.1, 0.15) is 34.8 Å². The first kappa shape index (κ1) is 20.6. The summed E-state index contributed by atoms with van der Waals surface area (Å²) in [6.45, 7) is 3.42. The van der Waals surface area contributed by atoms with Gasteiger partial charge < -0.3 is 9.51 Å². The lowest BCUT2D eigenvalue weighted by atomic mass is 9.99. The van der Waals surface area contributed by atoms with Crippen molar-refractivity contribution in [2.45, 2.75) is 31.6 Å². The van der Waals surface area contributed by atoms with Gasteiger partial charge in [-0.15, -0.1) is 0 Å². The Morgan fingerprint density at radius 3 is 2.71 bits per heavy atom. The summed E-state index contributed by atoms with van der Waals surface area (Å²) in [5, 5.41) is 3.70. The molecule has 2 aromatic rings. The molecule has 1 fully saturated rings. The predicted octanol–water partition coefficient (Wildman–Crippen LogP) is 1.24. The molecule has 1 aliphatic heterocycles. The summed E-state index contributed by atoms with van der Waals surface area (Å²) in [4.78, 5) is 27.2. The van der Waals surface area contributed by atoms with Crippen LogP contribution in [0.4, 0.5) is 0 Å². The highest BCUT2D eigenvalue weighted by molar-refractivity contribution is 9.10. The molecule has 0 bridgehead atoms. The van der Waals surface area contributed by atoms with E-state index in [1.54, 1.807) is 19.2 Å². The molecule has 0 spiro atoms. The predicted molar refractivity (Wildman–Crippen MR) is 102 cm³/mol. The summed E-state index contributed by atoms with van der Waals surface area (Å²) in [5.41, 5.74) is 5.25. The summed E-state index contributed by atoms with van der Waals surface area (Å²) in [6, 6.07) is 1.57. The number of H-pyrrole nitrogens is 1. The Hall–Kier alpha value is -2.18. The SMILES string of the molecule is Cc1noc(C)c1S(=O)(=O)N1CCCC(C(=O)NNC(=O)c2cc(Br)c[nH]2)C1. The standard InChI is InChI=1S/C16H20BrN5O5S/c1-9-14(10(2)27-21-9)28(25,26)22-5-3-4-11(8-22)15(23)19-20-16(24)13-6-12(17)7-18-13/h6-7,11,18H,3-5,8H2,1-2H3,(H,19,23)(H,20,24). The van der Waals surface area contributed by atoms with E-state index in [0.717, 1.165) is 0 Å². The normalized spacial score (nSPS) is 18.0. The van der Waals surface area contributed by atoms with Crippen LogP contribution in [0.15, 0.2) is 26.2 Å². The lowest BCUT2D eigenvalue weighted by Gasteiger charge is -2.31. The number of aromatic nitrogens is 2. The average molecular weight is 474 g/mol. The van der Waals surface area contributed by atoms with E-state index >= 15 is 0 Å². The van der Waals surface area contributed by atoms with Crippen LogP contribution < -0.4 is 10.9 Å². The number of halogens is 1. The number of rotatable bonds is 4. The van der Waals surface area contributed by atoms with Crippen LogP contribution >= 0.6 is 15.9 Å². The molecule has 10 nitrogen and oxygen atoms in total. The molecule has 28 heavy (non-hydrogen) atoms. The molecule has 3 N–H and O–H groups in total. The molecule has 2 aromatic heterocycles. The Balaban J connectivity index is 1.64. The summed E-state index contributed by atoms with van der Waals surface area (Å²) in [5.74, 6) is -1.32. The van der Waals surface area contributed by atoms with Crippen molar-refractivity contribution >= 4 is 37.8 Å². The van der Waals surface area contributed by atoms with Crippen molar-refractivity contribution in [2.75, 3.05) is 13.1 Å². The molecular weight excluding hydrogens is 454 g/mol. The molecule has 1 aliphatic rings. The second-order valence-corrected chi connectivity index (χ2v) is 9.32. The van der Waals surface area contributed by atoms with Gasteiger partial charge in [0.1, 0.15) is 16.3 Å². The number of aromatic amines is 1. The minimum Gasteiger partial charge on any atom is -0.360 e. The lowest BCUT2D eigenvalue weighted by Crippen LogP contribution is -2.50. The van der Waals surface area contributed by atoms with Gasteiger partial charge in [0.15, 0.2) is 5.76 Å². The number of hydrogen-bond donors (Lipinski definition) is 3. The molecule has 12 heteroatoms. The molecule has 1 unspecified atom stereocenters. The number of hydrazine groups is 1. The van der Waals surface area contributed by atoms with Gasteiger partial charge in [0.25, 0.3) is 5.91 Å². The highest BCUT2D eigenvalue weighted by Gasteiger charge is 2.36. The van der Waals surface area contributed by atoms with Gasteiger partial charge in [-0.1, -0.05) is 5.16 Å². The maximum atomic E-state index is 12.9. The van der Waals surface area contributed by atoms with Gasteiger partial charge in [-0.05, 0) is 48.7 Å². The number of aryl methyl sites for hydroxylation is 2. The van der Waals surface area contributed by atoms with Gasteiger partial charge in [-0.2, -0.15) is 4.31 Å². The van der Waals surface area contributed by atoms with Gasteiger partial charge in [0, 0.05) is 23.8 Å². The van der Waals surface area contributed by atoms with Crippen LogP contribution in [-0.2, 0) is 14.8 Å². The third kappa shape index (κ3) is 4.13. The molecule has 2 amide bonds. The van der Waals surface area contributed by atoms with Crippen LogP contribution in [-0.4, -0.2) is 47.8 Å². The maximum Gasteiger partial charge on any atom is 0.286 e. The number of amides is 2. The number of nitrogens with zero attached hydrogens (tertiary/aromatic N) is 2. The Labute approximate surface area is 170 Å². The summed E-state index contributed by atoms with van der Waals surface area (Å²) >= 11 is 3.22. The molecular formula is C16H20BrN5O5S. The zero-order valence-electron chi connectivity index (χ0n) is 15.3. The fraction of sp³-hybridized carbons (Fsp3) is 0.438. The van der Waals surface area contributed by atoms with Gasteiger partial charge in [0.05, 0.1) is 5.92 Å². The van der Waals surface area contributed by atoms with E-state index in [1.165, 1.54) is 11.2 Å². The van der Waals surface area contributed by atoms with Crippen molar-refractivity contribution in [3.8, 4) is 0 Å². The van der Waals surface area contributed by atoms with Gasteiger partial charge in [0.2, 0.25) is 15.9 Å². The highest BCUT2D eigenvalue weighted by atomic mass is 79.9. The van der Waals surface area contributed by atoms with Gasteiger partial charge in [-0.3, -0.25) is 20.4 Å². The largest absolute Gasteiger partial charge is 0.360 e. The smallest absolute Gasteiger partial charge is 0.286 e. The first-order valence-corrected chi connectivity index (χ1v) is 10.8. The number of carbonyl (C=O) groups excluding carboxylic acids is 2. The van der Waals surface area contributed by atoms with E-state index in [9.17, 15) is 18.0 Å². The van der Waals surface area contributed by atoms with Crippen LogP contribution in [0.5, 0.6) is 0 Å². The number of piperidine rings is 1. The maximum absolute atomic E-state index is 12.9. The molecule has 152 valence electrons. The van der Waals surface area contributed by atoms with Crippen LogP contribution in [0, 0.1) is 19.8 Å². The van der Waals surface area contributed by atoms with E-state index in [1.807, 2.05) is 0 Å². The third-order valence-electron chi connectivity index (χ3n) is 4.51. The summed E-state index contributed by atoms with van der Waals surface area (Å²) in [7, 11) is -3.82. The minimum atomic E-state index is -3.82. The zero-order valence-corrected chi connectivity index (χ0v) is 17.7. The second-order valence-electron chi connectivity index (χ2n) is 6.53. The van der Waals surface area contributed by atoms with Gasteiger partial charge in [-0.25, -0.2) is 8.42 Å². The fourth-order valence-electron chi connectivity index (χ4n) is 3.13. The van der Waals surface area contributed by atoms with Crippen molar-refractivity contribution < 1.29 is 22.5 Å². The van der Waals surface area contributed by atoms with E-state index in [0.29, 0.717) is 23.9 Å². The van der Waals surface area contributed by atoms with Crippen LogP contribution in [0.25, 0.3) is 0 Å². The molecule has 3 rings (SSSR count). The van der Waals surface area contributed by atoms with E-state index in [2.05, 4.69) is 36.9 Å². The zero-order chi connectivity index (χ0) is 20.5. The highest BCUT2D eigenvalue weighted by Crippen LogP contribution is 2.27. The lowest BCUT2D eigenvalue weighted by molar-refractivity contribution is -0.126. The van der Waals surface area contributed by atoms with Crippen molar-refractivity contribution in [1.29, 1.82) is 0 Å². The fourth-order valence-corrected chi connectivity index (χ4v) is 5.29. The number of hydrogen-bond acceptors (Lipinski definition) is 6. The molecule has 0 aromatic carbocycles. The Kier molecular flexibility index (Phi) is 5.91. The second kappa shape index (κ2) is 8.05. The Morgan fingerprint density at radius 1 is 1.36 bits per heavy atom. The molecule has 1 saturated heterocycles. The van der Waals surface area contributed by atoms with Crippen LogP contribution in [0.3, 0.4) is 0 Å². The van der Waals surface area contributed by atoms with Crippen molar-refractivity contribution in [2.24, 2.45) is 5.92 Å². The molecule has 0 radical (unpaired) electrons. The minimum absolute atomic E-state index is 0.0160. The Bertz CT molecular complexity index is 979. The quantitative estimate of drug-likeness (QED) is 0.571. The van der Waals surface area contributed by atoms with E-state index in [4.69, 9.17) is 4.52 Å². The van der Waals surface area contributed by atoms with Gasteiger partial charge >= 0.3 is 0 Å². The first-order valence-electron chi connectivity index (χ1n) is 8.57. The van der Waals surface area contributed by atoms with Crippen LogP contribution in [0.2, 0.25) is 0 Å². The first-order chi connectivity index (χ1) is 13.2. The number of carbonyl (C=O) groups is 2. The number of nitrogens with one attached hydrogen (secondary N) is 3. The van der Waals surface area contributed by atoms with Crippen molar-refractivity contribution in [3.63, 3.8) is 0 Å². The molecule has 1 atom stereocenters. The molecule has 0 aliphatic carbocycles. The topological polar surface area (TPSA) is 137 Å². The molecule has 3 heterocycles. The molecule has 0 saturated carbocycles. The number of sulfonamides is 1. The summed E-state index contributed by atoms with van der Waals surface area (Å²) < 4.78 is 32.8.